The van der Waals surface area contributed by atoms with E-state index in [0.717, 1.165) is 33.4 Å². The normalized spacial score (nSPS) is 11.4. The first kappa shape index (κ1) is 23.1. The van der Waals surface area contributed by atoms with Gasteiger partial charge in [-0.1, -0.05) is 36.4 Å². The number of aromatic nitrogens is 5. The van der Waals surface area contributed by atoms with Crippen LogP contribution in [-0.2, 0) is 25.4 Å². The molecular formula is C21H24N6O4S2. The molecule has 0 radical (unpaired) electrons. The Balaban J connectivity index is 1.57. The number of anilines is 1. The predicted octanol–water partition coefficient (Wildman–Crippen LogP) is 2.58. The first-order valence-electron chi connectivity index (χ1n) is 10.4. The van der Waals surface area contributed by atoms with Crippen LogP contribution in [0.3, 0.4) is 0 Å². The summed E-state index contributed by atoms with van der Waals surface area (Å²) >= 11 is 2.59. The van der Waals surface area contributed by atoms with Crippen molar-refractivity contribution in [1.82, 2.24) is 23.7 Å². The molecule has 0 aliphatic carbocycles. The second-order valence-electron chi connectivity index (χ2n) is 7.47. The van der Waals surface area contributed by atoms with E-state index in [4.69, 9.17) is 4.74 Å². The topological polar surface area (TPSA) is 113 Å². The Hall–Kier alpha value is -3.12. The Bertz CT molecular complexity index is 1470. The van der Waals surface area contributed by atoms with Crippen molar-refractivity contribution in [2.45, 2.75) is 31.5 Å². The molecule has 0 bridgehead atoms. The van der Waals surface area contributed by atoms with E-state index in [-0.39, 0.29) is 11.7 Å². The molecule has 12 heteroatoms. The molecule has 0 aliphatic rings. The molecule has 1 aromatic carbocycles. The minimum absolute atomic E-state index is 0.0863. The van der Waals surface area contributed by atoms with E-state index < -0.39 is 11.2 Å². The maximum Gasteiger partial charge on any atom is 0.332 e. The Kier molecular flexibility index (Phi) is 6.56. The summed E-state index contributed by atoms with van der Waals surface area (Å²) in [7, 11) is 4.64. The third kappa shape index (κ3) is 4.40. The molecule has 0 saturated heterocycles. The molecule has 3 heterocycles. The summed E-state index contributed by atoms with van der Waals surface area (Å²) in [4.78, 5) is 46.7. The van der Waals surface area contributed by atoms with Crippen molar-refractivity contribution in [3.05, 3.63) is 39.0 Å². The van der Waals surface area contributed by atoms with Crippen LogP contribution in [0.4, 0.5) is 5.13 Å². The van der Waals surface area contributed by atoms with E-state index in [1.807, 2.05) is 22.8 Å². The van der Waals surface area contributed by atoms with Gasteiger partial charge in [0.25, 0.3) is 5.56 Å². The van der Waals surface area contributed by atoms with E-state index >= 15 is 0 Å². The van der Waals surface area contributed by atoms with Gasteiger partial charge in [0.2, 0.25) is 5.91 Å². The minimum Gasteiger partial charge on any atom is -0.497 e. The number of hydrogen-bond donors (Lipinski definition) is 1. The molecule has 4 rings (SSSR count). The summed E-state index contributed by atoms with van der Waals surface area (Å²) in [6, 6.07) is 5.54. The lowest BCUT2D eigenvalue weighted by atomic mass is 10.3. The van der Waals surface area contributed by atoms with Crippen LogP contribution in [0.25, 0.3) is 21.4 Å². The Labute approximate surface area is 197 Å². The van der Waals surface area contributed by atoms with Crippen molar-refractivity contribution in [2.75, 3.05) is 18.2 Å². The Morgan fingerprint density at radius 2 is 2.00 bits per heavy atom. The Morgan fingerprint density at radius 1 is 1.21 bits per heavy atom. The predicted molar refractivity (Wildman–Crippen MR) is 131 cm³/mol. The number of nitrogens with zero attached hydrogens (tertiary/aromatic N) is 5. The fourth-order valence-electron chi connectivity index (χ4n) is 3.43. The van der Waals surface area contributed by atoms with Gasteiger partial charge in [0.05, 0.1) is 23.1 Å². The lowest BCUT2D eigenvalue weighted by Gasteiger charge is -2.08. The smallest absolute Gasteiger partial charge is 0.332 e. The molecule has 0 fully saturated rings. The molecule has 1 amide bonds. The molecular weight excluding hydrogens is 464 g/mol. The van der Waals surface area contributed by atoms with Crippen molar-refractivity contribution in [1.29, 1.82) is 0 Å². The molecule has 0 saturated carbocycles. The van der Waals surface area contributed by atoms with Gasteiger partial charge in [-0.2, -0.15) is 0 Å². The van der Waals surface area contributed by atoms with Gasteiger partial charge in [0.15, 0.2) is 21.5 Å². The number of rotatable bonds is 8. The summed E-state index contributed by atoms with van der Waals surface area (Å²) in [6.45, 7) is 2.63. The number of thiazole rings is 1. The third-order valence-corrected chi connectivity index (χ3v) is 7.13. The highest BCUT2D eigenvalue weighted by Crippen LogP contribution is 2.29. The van der Waals surface area contributed by atoms with E-state index in [1.54, 1.807) is 14.2 Å². The highest BCUT2D eigenvalue weighted by Gasteiger charge is 2.20. The van der Waals surface area contributed by atoms with Crippen molar-refractivity contribution in [2.24, 2.45) is 14.1 Å². The van der Waals surface area contributed by atoms with Crippen molar-refractivity contribution in [3.8, 4) is 5.75 Å². The first-order valence-corrected chi connectivity index (χ1v) is 12.2. The van der Waals surface area contributed by atoms with Gasteiger partial charge in [-0.3, -0.25) is 18.7 Å². The van der Waals surface area contributed by atoms with Crippen LogP contribution >= 0.6 is 23.1 Å². The fourth-order valence-corrected chi connectivity index (χ4v) is 5.16. The molecule has 0 spiro atoms. The van der Waals surface area contributed by atoms with Crippen LogP contribution in [-0.4, -0.2) is 42.4 Å². The number of ether oxygens (including phenoxy) is 1. The summed E-state index contributed by atoms with van der Waals surface area (Å²) in [6.07, 6.45) is 1.77. The van der Waals surface area contributed by atoms with E-state index in [0.29, 0.717) is 28.0 Å². The maximum absolute atomic E-state index is 12.8. The zero-order chi connectivity index (χ0) is 23.7. The molecule has 0 aliphatic heterocycles. The van der Waals surface area contributed by atoms with E-state index in [9.17, 15) is 14.4 Å². The number of aryl methyl sites for hydroxylation is 2. The van der Waals surface area contributed by atoms with Crippen molar-refractivity contribution >= 4 is 55.5 Å². The molecule has 10 nitrogen and oxygen atoms in total. The monoisotopic (exact) mass is 488 g/mol. The standard InChI is InChI=1S/C21H24N6O4S2/c1-5-6-9-27-16-17(25(2)21(30)26(3)18(16)29)24-20(27)32-11-15(28)23-19-22-13-8-7-12(31-4)10-14(13)33-19/h7-8,10H,5-6,9,11H2,1-4H3,(H,22,23,28). The van der Waals surface area contributed by atoms with Crippen molar-refractivity contribution in [3.63, 3.8) is 0 Å². The van der Waals surface area contributed by atoms with Gasteiger partial charge in [0, 0.05) is 20.6 Å². The van der Waals surface area contributed by atoms with Crippen LogP contribution in [0.1, 0.15) is 19.8 Å². The van der Waals surface area contributed by atoms with Gasteiger partial charge in [-0.15, -0.1) is 0 Å². The molecule has 33 heavy (non-hydrogen) atoms. The number of benzene rings is 1. The number of hydrogen-bond acceptors (Lipinski definition) is 8. The van der Waals surface area contributed by atoms with Gasteiger partial charge in [-0.25, -0.2) is 14.8 Å². The van der Waals surface area contributed by atoms with Gasteiger partial charge < -0.3 is 14.6 Å². The zero-order valence-corrected chi connectivity index (χ0v) is 20.4. The average Bonchev–Trinajstić information content (AvgIpc) is 3.38. The number of thioether (sulfide) groups is 1. The summed E-state index contributed by atoms with van der Waals surface area (Å²) in [5.41, 5.74) is 0.646. The van der Waals surface area contributed by atoms with Gasteiger partial charge >= 0.3 is 5.69 Å². The summed E-state index contributed by atoms with van der Waals surface area (Å²) < 4.78 is 10.4. The highest BCUT2D eigenvalue weighted by atomic mass is 32.2. The number of amides is 1. The minimum atomic E-state index is -0.436. The summed E-state index contributed by atoms with van der Waals surface area (Å²) in [5.74, 6) is 0.580. The quantitative estimate of drug-likeness (QED) is 0.379. The second kappa shape index (κ2) is 9.40. The number of nitrogens with one attached hydrogen (secondary N) is 1. The highest BCUT2D eigenvalue weighted by molar-refractivity contribution is 7.99. The largest absolute Gasteiger partial charge is 0.497 e. The number of fused-ring (bicyclic) bond motifs is 2. The molecule has 0 unspecified atom stereocenters. The van der Waals surface area contributed by atoms with Gasteiger partial charge in [0.1, 0.15) is 5.75 Å². The molecule has 174 valence electrons. The van der Waals surface area contributed by atoms with E-state index in [2.05, 4.69) is 22.2 Å². The molecule has 4 aromatic rings. The van der Waals surface area contributed by atoms with Crippen LogP contribution in [0, 0.1) is 0 Å². The molecule has 0 atom stereocenters. The van der Waals surface area contributed by atoms with Crippen LogP contribution in [0.2, 0.25) is 0 Å². The lowest BCUT2D eigenvalue weighted by molar-refractivity contribution is -0.113. The fraction of sp³-hybridized carbons (Fsp3) is 0.381. The van der Waals surface area contributed by atoms with Crippen molar-refractivity contribution < 1.29 is 9.53 Å². The van der Waals surface area contributed by atoms with Crippen LogP contribution in [0.15, 0.2) is 32.9 Å². The number of carbonyl (C=O) groups excluding carboxylic acids is 1. The number of carbonyl (C=O) groups is 1. The third-order valence-electron chi connectivity index (χ3n) is 5.22. The maximum atomic E-state index is 12.8. The average molecular weight is 489 g/mol. The van der Waals surface area contributed by atoms with Gasteiger partial charge in [-0.05, 0) is 24.6 Å². The Morgan fingerprint density at radius 3 is 2.73 bits per heavy atom. The first-order chi connectivity index (χ1) is 15.8. The lowest BCUT2D eigenvalue weighted by Crippen LogP contribution is -2.37. The summed E-state index contributed by atoms with van der Waals surface area (Å²) in [5, 5.41) is 3.85. The number of unbranched alkanes of at least 4 members (excludes halogenated alkanes) is 1. The molecule has 3 aromatic heterocycles. The second-order valence-corrected chi connectivity index (χ2v) is 9.44. The van der Waals surface area contributed by atoms with E-state index in [1.165, 1.54) is 34.7 Å². The molecule has 1 N–H and O–H groups in total. The SMILES string of the molecule is CCCCn1c(SCC(=O)Nc2nc3ccc(OC)cc3s2)nc2c1c(=O)n(C)c(=O)n2C. The van der Waals surface area contributed by atoms with Crippen LogP contribution in [0.5, 0.6) is 5.75 Å². The number of methoxy groups -OCH3 is 1. The van der Waals surface area contributed by atoms with Crippen LogP contribution < -0.4 is 21.3 Å². The number of imidazole rings is 1. The zero-order valence-electron chi connectivity index (χ0n) is 18.7.